The molecule has 5 aromatic rings. The molecular weight excluding hydrogens is 332 g/mol. The molecular formula is C20H12N2O2S. The molecule has 0 aliphatic rings. The third-order valence-electron chi connectivity index (χ3n) is 4.37. The molecule has 0 amide bonds. The van der Waals surface area contributed by atoms with Gasteiger partial charge in [-0.2, -0.15) is 0 Å². The Bertz CT molecular complexity index is 1380. The molecule has 0 aliphatic carbocycles. The number of fused-ring (bicyclic) bond motifs is 4. The van der Waals surface area contributed by atoms with E-state index in [1.807, 2.05) is 54.6 Å². The van der Waals surface area contributed by atoms with Gasteiger partial charge in [-0.3, -0.25) is 4.79 Å². The number of rotatable bonds is 1. The maximum absolute atomic E-state index is 12.9. The summed E-state index contributed by atoms with van der Waals surface area (Å²) in [6.45, 7) is 0. The van der Waals surface area contributed by atoms with Crippen LogP contribution >= 0.6 is 11.3 Å². The molecule has 0 spiro atoms. The monoisotopic (exact) mass is 344 g/mol. The van der Waals surface area contributed by atoms with Gasteiger partial charge in [-0.1, -0.05) is 53.8 Å². The highest BCUT2D eigenvalue weighted by atomic mass is 32.1. The van der Waals surface area contributed by atoms with Crippen LogP contribution in [0.1, 0.15) is 5.56 Å². The molecule has 2 aromatic heterocycles. The first-order valence-corrected chi connectivity index (χ1v) is 8.66. The fourth-order valence-electron chi connectivity index (χ4n) is 3.18. The van der Waals surface area contributed by atoms with Crippen LogP contribution in [-0.2, 0) is 0 Å². The lowest BCUT2D eigenvalue weighted by atomic mass is 10.0. The predicted octanol–water partition coefficient (Wildman–Crippen LogP) is 3.32. The fraction of sp³-hybridized carbons (Fsp3) is 0. The second kappa shape index (κ2) is 5.16. The van der Waals surface area contributed by atoms with Gasteiger partial charge in [0.05, 0.1) is 15.6 Å². The zero-order valence-corrected chi connectivity index (χ0v) is 13.8. The lowest BCUT2D eigenvalue weighted by Crippen LogP contribution is -2.22. The molecule has 120 valence electrons. The van der Waals surface area contributed by atoms with Crippen molar-refractivity contribution in [1.82, 2.24) is 9.38 Å². The number of aromatic nitrogens is 2. The summed E-state index contributed by atoms with van der Waals surface area (Å²) in [5, 5.41) is 12.2. The van der Waals surface area contributed by atoms with E-state index in [1.165, 1.54) is 11.3 Å². The average Bonchev–Trinajstić information content (AvgIpc) is 3.14. The van der Waals surface area contributed by atoms with Crippen molar-refractivity contribution in [3.8, 4) is 5.75 Å². The van der Waals surface area contributed by atoms with E-state index in [9.17, 15) is 9.90 Å². The summed E-state index contributed by atoms with van der Waals surface area (Å²) in [5.74, 6) is 0.161. The lowest BCUT2D eigenvalue weighted by molar-refractivity contribution is 0.475. The number of thiazole rings is 1. The minimum atomic E-state index is -0.110. The van der Waals surface area contributed by atoms with Crippen LogP contribution < -0.4 is 10.1 Å². The topological polar surface area (TPSA) is 54.6 Å². The summed E-state index contributed by atoms with van der Waals surface area (Å²) in [6.07, 6.45) is 1.76. The molecule has 0 radical (unpaired) electrons. The normalized spacial score (nSPS) is 12.6. The highest BCUT2D eigenvalue weighted by Gasteiger charge is 2.11. The van der Waals surface area contributed by atoms with E-state index >= 15 is 0 Å². The van der Waals surface area contributed by atoms with Gasteiger partial charge in [-0.15, -0.1) is 0 Å². The average molecular weight is 344 g/mol. The van der Waals surface area contributed by atoms with Crippen LogP contribution in [-0.4, -0.2) is 14.5 Å². The minimum absolute atomic E-state index is 0.110. The Balaban J connectivity index is 1.86. The number of nitrogens with zero attached hydrogens (tertiary/aromatic N) is 2. The van der Waals surface area contributed by atoms with Crippen molar-refractivity contribution in [2.75, 3.05) is 0 Å². The van der Waals surface area contributed by atoms with E-state index in [0.717, 1.165) is 21.8 Å². The Hall–Kier alpha value is -3.18. The number of para-hydroxylation sites is 2. The smallest absolute Gasteiger partial charge is 0.274 e. The molecule has 5 heteroatoms. The van der Waals surface area contributed by atoms with Gasteiger partial charge in [-0.25, -0.2) is 9.38 Å². The van der Waals surface area contributed by atoms with Crippen LogP contribution in [0.25, 0.3) is 32.8 Å². The highest BCUT2D eigenvalue weighted by Crippen LogP contribution is 2.27. The van der Waals surface area contributed by atoms with Crippen LogP contribution in [0.3, 0.4) is 0 Å². The van der Waals surface area contributed by atoms with Crippen LogP contribution in [0.2, 0.25) is 0 Å². The number of phenols is 1. The maximum atomic E-state index is 12.9. The van der Waals surface area contributed by atoms with Crippen molar-refractivity contribution in [3.05, 3.63) is 81.1 Å². The summed E-state index contributed by atoms with van der Waals surface area (Å²) in [4.78, 5) is 18.1. The zero-order valence-electron chi connectivity index (χ0n) is 13.0. The standard InChI is InChI=1S/C20H12N2O2S/c23-17-10-9-12-5-1-2-6-13(12)14(17)11-18-19(24)22-16-8-4-3-7-15(16)21-20(22)25-18/h1-11,23H/b18-11-. The van der Waals surface area contributed by atoms with Gasteiger partial charge >= 0.3 is 0 Å². The Morgan fingerprint density at radius 3 is 2.72 bits per heavy atom. The summed E-state index contributed by atoms with van der Waals surface area (Å²) < 4.78 is 2.19. The molecule has 0 atom stereocenters. The van der Waals surface area contributed by atoms with Crippen molar-refractivity contribution in [3.63, 3.8) is 0 Å². The first-order chi connectivity index (χ1) is 12.2. The molecule has 2 heterocycles. The number of hydrogen-bond acceptors (Lipinski definition) is 4. The Morgan fingerprint density at radius 1 is 1.00 bits per heavy atom. The Kier molecular flexibility index (Phi) is 2.93. The molecule has 5 rings (SSSR count). The Morgan fingerprint density at radius 2 is 1.80 bits per heavy atom. The Labute approximate surface area is 145 Å². The largest absolute Gasteiger partial charge is 0.507 e. The van der Waals surface area contributed by atoms with Crippen LogP contribution in [0.15, 0.2) is 65.5 Å². The maximum Gasteiger partial charge on any atom is 0.274 e. The molecule has 0 saturated carbocycles. The molecule has 4 nitrogen and oxygen atoms in total. The summed E-state index contributed by atoms with van der Waals surface area (Å²) in [6, 6.07) is 18.9. The number of benzene rings is 3. The van der Waals surface area contributed by atoms with Gasteiger partial charge in [0.15, 0.2) is 4.96 Å². The number of hydrogen-bond donors (Lipinski definition) is 1. The number of aromatic hydroxyl groups is 1. The van der Waals surface area contributed by atoms with E-state index in [2.05, 4.69) is 4.98 Å². The first-order valence-electron chi connectivity index (χ1n) is 7.85. The van der Waals surface area contributed by atoms with Crippen molar-refractivity contribution in [1.29, 1.82) is 0 Å². The summed E-state index contributed by atoms with van der Waals surface area (Å²) >= 11 is 1.33. The van der Waals surface area contributed by atoms with E-state index in [4.69, 9.17) is 0 Å². The van der Waals surface area contributed by atoms with Crippen LogP contribution in [0, 0.1) is 0 Å². The SMILES string of the molecule is O=c1/c(=C/c2c(O)ccc3ccccc23)sc2nc3ccccc3n12. The fourth-order valence-corrected chi connectivity index (χ4v) is 4.15. The van der Waals surface area contributed by atoms with Crippen molar-refractivity contribution in [2.24, 2.45) is 0 Å². The van der Waals surface area contributed by atoms with E-state index in [1.54, 1.807) is 16.5 Å². The second-order valence-corrected chi connectivity index (χ2v) is 6.86. The predicted molar refractivity (Wildman–Crippen MR) is 101 cm³/mol. The van der Waals surface area contributed by atoms with Crippen molar-refractivity contribution >= 4 is 44.2 Å². The van der Waals surface area contributed by atoms with Gasteiger partial charge < -0.3 is 5.11 Å². The van der Waals surface area contributed by atoms with Crippen LogP contribution in [0.4, 0.5) is 0 Å². The molecule has 0 unspecified atom stereocenters. The van der Waals surface area contributed by atoms with E-state index in [-0.39, 0.29) is 11.3 Å². The van der Waals surface area contributed by atoms with E-state index < -0.39 is 0 Å². The number of phenolic OH excluding ortho intramolecular Hbond substituents is 1. The van der Waals surface area contributed by atoms with Gasteiger partial charge in [0, 0.05) is 5.56 Å². The molecule has 3 aromatic carbocycles. The molecule has 0 bridgehead atoms. The summed E-state index contributed by atoms with van der Waals surface area (Å²) in [7, 11) is 0. The van der Waals surface area contributed by atoms with Gasteiger partial charge in [0.2, 0.25) is 0 Å². The first kappa shape index (κ1) is 14.2. The zero-order chi connectivity index (χ0) is 17.0. The lowest BCUT2D eigenvalue weighted by Gasteiger charge is -2.04. The van der Waals surface area contributed by atoms with Gasteiger partial charge in [-0.05, 0) is 35.0 Å². The van der Waals surface area contributed by atoms with Crippen LogP contribution in [0.5, 0.6) is 5.75 Å². The number of imidazole rings is 1. The molecule has 0 fully saturated rings. The quantitative estimate of drug-likeness (QED) is 0.507. The minimum Gasteiger partial charge on any atom is -0.507 e. The molecule has 1 N–H and O–H groups in total. The third-order valence-corrected chi connectivity index (χ3v) is 5.34. The summed E-state index contributed by atoms with van der Waals surface area (Å²) in [5.41, 5.74) is 2.16. The third kappa shape index (κ3) is 2.06. The van der Waals surface area contributed by atoms with Crippen molar-refractivity contribution in [2.45, 2.75) is 0 Å². The molecule has 0 aliphatic heterocycles. The van der Waals surface area contributed by atoms with E-state index in [0.29, 0.717) is 15.1 Å². The van der Waals surface area contributed by atoms with Gasteiger partial charge in [0.25, 0.3) is 5.56 Å². The highest BCUT2D eigenvalue weighted by molar-refractivity contribution is 7.15. The van der Waals surface area contributed by atoms with Gasteiger partial charge in [0.1, 0.15) is 5.75 Å². The van der Waals surface area contributed by atoms with Crippen molar-refractivity contribution < 1.29 is 5.11 Å². The molecule has 25 heavy (non-hydrogen) atoms. The second-order valence-electron chi connectivity index (χ2n) is 5.85. The molecule has 0 saturated heterocycles.